The van der Waals surface area contributed by atoms with Gasteiger partial charge >= 0.3 is 0 Å². The Balaban J connectivity index is 1.38. The van der Waals surface area contributed by atoms with Crippen LogP contribution < -0.4 is 10.1 Å². The quantitative estimate of drug-likeness (QED) is 0.252. The van der Waals surface area contributed by atoms with Crippen LogP contribution in [0.25, 0.3) is 0 Å². The van der Waals surface area contributed by atoms with E-state index in [0.717, 1.165) is 15.7 Å². The third-order valence-corrected chi connectivity index (χ3v) is 6.08. The monoisotopic (exact) mass is 567 g/mol. The van der Waals surface area contributed by atoms with Gasteiger partial charge in [-0.3, -0.25) is 9.48 Å². The zero-order valence-electron chi connectivity index (χ0n) is 17.2. The van der Waals surface area contributed by atoms with Gasteiger partial charge in [0.25, 0.3) is 5.91 Å². The molecule has 0 aliphatic carbocycles. The SMILES string of the molecule is Cc1cc(NC(=O)c2ccc(COc3ccc(Br)cc3Cl)o2)nn1Cc1ccc(Cl)cc1Cl. The normalized spacial score (nSPS) is 10.9. The van der Waals surface area contributed by atoms with E-state index < -0.39 is 5.91 Å². The second-order valence-corrected chi connectivity index (χ2v) is 9.31. The van der Waals surface area contributed by atoms with Crippen molar-refractivity contribution in [3.8, 4) is 5.75 Å². The maximum absolute atomic E-state index is 12.6. The number of aromatic nitrogens is 2. The van der Waals surface area contributed by atoms with E-state index >= 15 is 0 Å². The van der Waals surface area contributed by atoms with Crippen molar-refractivity contribution in [1.82, 2.24) is 9.78 Å². The van der Waals surface area contributed by atoms with Crippen molar-refractivity contribution in [2.75, 3.05) is 5.32 Å². The maximum Gasteiger partial charge on any atom is 0.292 e. The molecule has 6 nitrogen and oxygen atoms in total. The van der Waals surface area contributed by atoms with Gasteiger partial charge in [-0.25, -0.2) is 0 Å². The molecular weight excluding hydrogens is 553 g/mol. The van der Waals surface area contributed by atoms with E-state index in [1.807, 2.05) is 19.1 Å². The van der Waals surface area contributed by atoms with E-state index in [1.165, 1.54) is 0 Å². The molecule has 1 N–H and O–H groups in total. The topological polar surface area (TPSA) is 69.3 Å². The molecule has 4 rings (SSSR count). The summed E-state index contributed by atoms with van der Waals surface area (Å²) in [5, 5.41) is 8.78. The zero-order chi connectivity index (χ0) is 23.5. The van der Waals surface area contributed by atoms with Gasteiger partial charge in [-0.1, -0.05) is 56.8 Å². The number of rotatable bonds is 7. The number of nitrogens with one attached hydrogen (secondary N) is 1. The number of hydrogen-bond acceptors (Lipinski definition) is 4. The Hall–Kier alpha value is -2.45. The summed E-state index contributed by atoms with van der Waals surface area (Å²) < 4.78 is 13.9. The number of carbonyl (C=O) groups is 1. The molecular formula is C23H17BrCl3N3O3. The lowest BCUT2D eigenvalue weighted by Gasteiger charge is -2.07. The second-order valence-electron chi connectivity index (χ2n) is 7.15. The molecule has 0 saturated heterocycles. The van der Waals surface area contributed by atoms with E-state index in [2.05, 4.69) is 26.3 Å². The summed E-state index contributed by atoms with van der Waals surface area (Å²) in [6, 6.07) is 15.6. The van der Waals surface area contributed by atoms with Crippen molar-refractivity contribution in [2.45, 2.75) is 20.1 Å². The zero-order valence-corrected chi connectivity index (χ0v) is 21.1. The lowest BCUT2D eigenvalue weighted by Crippen LogP contribution is -2.12. The number of aryl methyl sites for hydroxylation is 1. The second kappa shape index (κ2) is 10.2. The van der Waals surface area contributed by atoms with Gasteiger partial charge in [0.1, 0.15) is 18.1 Å². The molecule has 0 aliphatic heterocycles. The van der Waals surface area contributed by atoms with Crippen LogP contribution in [0.15, 0.2) is 63.5 Å². The first-order valence-corrected chi connectivity index (χ1v) is 11.7. The molecule has 10 heteroatoms. The minimum Gasteiger partial charge on any atom is -0.484 e. The molecule has 0 saturated carbocycles. The predicted molar refractivity (Wildman–Crippen MR) is 133 cm³/mol. The number of benzene rings is 2. The number of anilines is 1. The van der Waals surface area contributed by atoms with Crippen LogP contribution in [0.3, 0.4) is 0 Å². The van der Waals surface area contributed by atoms with Crippen molar-refractivity contribution >= 4 is 62.5 Å². The highest BCUT2D eigenvalue weighted by Crippen LogP contribution is 2.28. The molecule has 0 aliphatic rings. The van der Waals surface area contributed by atoms with Gasteiger partial charge < -0.3 is 14.5 Å². The Labute approximate surface area is 213 Å². The first kappa shape index (κ1) is 23.7. The Morgan fingerprint density at radius 3 is 2.67 bits per heavy atom. The smallest absolute Gasteiger partial charge is 0.292 e. The van der Waals surface area contributed by atoms with E-state index in [9.17, 15) is 4.79 Å². The lowest BCUT2D eigenvalue weighted by molar-refractivity contribution is 0.0992. The van der Waals surface area contributed by atoms with Crippen LogP contribution in [0.5, 0.6) is 5.75 Å². The Morgan fingerprint density at radius 2 is 1.91 bits per heavy atom. The highest BCUT2D eigenvalue weighted by atomic mass is 79.9. The molecule has 1 amide bonds. The summed E-state index contributed by atoms with van der Waals surface area (Å²) in [5.41, 5.74) is 1.72. The van der Waals surface area contributed by atoms with Gasteiger partial charge in [0.05, 0.1) is 11.6 Å². The molecule has 170 valence electrons. The van der Waals surface area contributed by atoms with E-state index in [4.69, 9.17) is 44.0 Å². The van der Waals surface area contributed by atoms with Crippen molar-refractivity contribution in [3.63, 3.8) is 0 Å². The average Bonchev–Trinajstić information content (AvgIpc) is 3.36. The standard InChI is InChI=1S/C23H17BrCl3N3O3/c1-13-8-22(29-30(13)11-14-2-4-16(25)10-18(14)26)28-23(31)21-7-5-17(33-21)12-32-20-6-3-15(24)9-19(20)27/h2-10H,11-12H2,1H3,(H,28,29,31). The number of ether oxygens (including phenoxy) is 1. The molecule has 2 heterocycles. The molecule has 0 radical (unpaired) electrons. The minimum absolute atomic E-state index is 0.129. The first-order valence-electron chi connectivity index (χ1n) is 9.75. The molecule has 0 atom stereocenters. The van der Waals surface area contributed by atoms with Gasteiger partial charge in [-0.05, 0) is 55.0 Å². The van der Waals surface area contributed by atoms with Crippen LogP contribution in [0.4, 0.5) is 5.82 Å². The van der Waals surface area contributed by atoms with Crippen LogP contribution in [0, 0.1) is 6.92 Å². The van der Waals surface area contributed by atoms with Gasteiger partial charge in [0.15, 0.2) is 11.6 Å². The van der Waals surface area contributed by atoms with Gasteiger partial charge in [0, 0.05) is 26.3 Å². The summed E-state index contributed by atoms with van der Waals surface area (Å²) >= 11 is 21.7. The van der Waals surface area contributed by atoms with Gasteiger partial charge in [0.2, 0.25) is 0 Å². The Kier molecular flexibility index (Phi) is 7.34. The number of nitrogens with zero attached hydrogens (tertiary/aromatic N) is 2. The molecule has 4 aromatic rings. The van der Waals surface area contributed by atoms with Crippen LogP contribution in [0.1, 0.15) is 27.6 Å². The van der Waals surface area contributed by atoms with Crippen LogP contribution in [-0.2, 0) is 13.2 Å². The third kappa shape index (κ3) is 5.92. The number of carbonyl (C=O) groups excluding carboxylic acids is 1. The fourth-order valence-electron chi connectivity index (χ4n) is 3.04. The van der Waals surface area contributed by atoms with Crippen LogP contribution in [0.2, 0.25) is 15.1 Å². The van der Waals surface area contributed by atoms with Gasteiger partial charge in [-0.15, -0.1) is 0 Å². The molecule has 33 heavy (non-hydrogen) atoms. The Morgan fingerprint density at radius 1 is 1.09 bits per heavy atom. The van der Waals surface area contributed by atoms with Crippen molar-refractivity contribution < 1.29 is 13.9 Å². The predicted octanol–water partition coefficient (Wildman–Crippen LogP) is 7.39. The molecule has 0 bridgehead atoms. The van der Waals surface area contributed by atoms with E-state index in [-0.39, 0.29) is 12.4 Å². The molecule has 0 spiro atoms. The third-order valence-electron chi connectivity index (χ3n) is 4.71. The molecule has 0 unspecified atom stereocenters. The summed E-state index contributed by atoms with van der Waals surface area (Å²) in [6.45, 7) is 2.46. The highest BCUT2D eigenvalue weighted by molar-refractivity contribution is 9.10. The summed E-state index contributed by atoms with van der Waals surface area (Å²) in [7, 11) is 0. The summed E-state index contributed by atoms with van der Waals surface area (Å²) in [5.74, 6) is 1.13. The minimum atomic E-state index is -0.419. The molecule has 2 aromatic carbocycles. The van der Waals surface area contributed by atoms with Crippen molar-refractivity contribution in [2.24, 2.45) is 0 Å². The number of hydrogen-bond donors (Lipinski definition) is 1. The first-order chi connectivity index (χ1) is 15.8. The lowest BCUT2D eigenvalue weighted by atomic mass is 10.2. The van der Waals surface area contributed by atoms with Crippen molar-refractivity contribution in [3.05, 3.63) is 96.9 Å². The highest BCUT2D eigenvalue weighted by Gasteiger charge is 2.15. The molecule has 2 aromatic heterocycles. The number of halogens is 4. The average molecular weight is 570 g/mol. The number of amides is 1. The summed E-state index contributed by atoms with van der Waals surface area (Å²) in [6.07, 6.45) is 0. The Bertz CT molecular complexity index is 1320. The largest absolute Gasteiger partial charge is 0.484 e. The fourth-order valence-corrected chi connectivity index (χ4v) is 4.24. The van der Waals surface area contributed by atoms with Crippen LogP contribution >= 0.6 is 50.7 Å². The van der Waals surface area contributed by atoms with Gasteiger partial charge in [-0.2, -0.15) is 5.10 Å². The maximum atomic E-state index is 12.6. The number of furan rings is 1. The van der Waals surface area contributed by atoms with Crippen LogP contribution in [-0.4, -0.2) is 15.7 Å². The van der Waals surface area contributed by atoms with Crippen molar-refractivity contribution in [1.29, 1.82) is 0 Å². The fraction of sp³-hybridized carbons (Fsp3) is 0.130. The molecule has 0 fully saturated rings. The summed E-state index contributed by atoms with van der Waals surface area (Å²) in [4.78, 5) is 12.6. The van der Waals surface area contributed by atoms with E-state index in [1.54, 1.807) is 47.1 Å². The van der Waals surface area contributed by atoms with E-state index in [0.29, 0.717) is 38.9 Å².